The molecule has 0 unspecified atom stereocenters. The van der Waals surface area contributed by atoms with Crippen LogP contribution >= 0.6 is 11.6 Å². The fraction of sp³-hybridized carbons (Fsp3) is 0.0455. The maximum absolute atomic E-state index is 11.3. The van der Waals surface area contributed by atoms with Gasteiger partial charge in [-0.3, -0.25) is 9.78 Å². The number of aromatic nitrogens is 2. The van der Waals surface area contributed by atoms with Crippen molar-refractivity contribution in [2.75, 3.05) is 5.32 Å². The average molecular weight is 405 g/mol. The van der Waals surface area contributed by atoms with Gasteiger partial charge in [-0.1, -0.05) is 35.9 Å². The minimum atomic E-state index is -0.597. The van der Waals surface area contributed by atoms with Gasteiger partial charge in [0.25, 0.3) is 5.91 Å². The first-order valence-electron chi connectivity index (χ1n) is 8.88. The lowest BCUT2D eigenvalue weighted by Crippen LogP contribution is -2.12. The third-order valence-corrected chi connectivity index (χ3v) is 4.61. The molecule has 0 saturated heterocycles. The van der Waals surface area contributed by atoms with E-state index in [1.807, 2.05) is 48.5 Å². The Bertz CT molecular complexity index is 1180. The minimum Gasteiger partial charge on any atom is -0.489 e. The van der Waals surface area contributed by atoms with E-state index in [4.69, 9.17) is 22.1 Å². The molecule has 2 aromatic carbocycles. The van der Waals surface area contributed by atoms with Crippen LogP contribution < -0.4 is 15.8 Å². The van der Waals surface area contributed by atoms with E-state index in [0.29, 0.717) is 10.8 Å². The number of ether oxygens (including phenoxy) is 1. The Balaban J connectivity index is 1.60. The van der Waals surface area contributed by atoms with Crippen LogP contribution in [0.15, 0.2) is 73.1 Å². The molecular weight excluding hydrogens is 388 g/mol. The molecule has 1 amide bonds. The third kappa shape index (κ3) is 4.28. The van der Waals surface area contributed by atoms with Gasteiger partial charge in [-0.05, 0) is 35.7 Å². The number of hydrogen-bond donors (Lipinski definition) is 2. The lowest BCUT2D eigenvalue weighted by molar-refractivity contribution is 0.0995. The van der Waals surface area contributed by atoms with Gasteiger partial charge in [0.1, 0.15) is 23.9 Å². The number of primary amides is 1. The molecule has 0 fully saturated rings. The Morgan fingerprint density at radius 1 is 1.03 bits per heavy atom. The first-order chi connectivity index (χ1) is 14.1. The predicted molar refractivity (Wildman–Crippen MR) is 114 cm³/mol. The van der Waals surface area contributed by atoms with Gasteiger partial charge in [0.2, 0.25) is 0 Å². The van der Waals surface area contributed by atoms with Crippen molar-refractivity contribution in [2.24, 2.45) is 5.73 Å². The number of benzene rings is 2. The van der Waals surface area contributed by atoms with Crippen molar-refractivity contribution in [3.63, 3.8) is 0 Å². The molecule has 4 aromatic rings. The van der Waals surface area contributed by atoms with E-state index in [-0.39, 0.29) is 12.3 Å². The van der Waals surface area contributed by atoms with E-state index in [1.165, 1.54) is 12.3 Å². The number of nitrogens with zero attached hydrogens (tertiary/aromatic N) is 2. The lowest BCUT2D eigenvalue weighted by atomic mass is 10.1. The zero-order valence-electron chi connectivity index (χ0n) is 15.3. The van der Waals surface area contributed by atoms with E-state index in [0.717, 1.165) is 27.8 Å². The van der Waals surface area contributed by atoms with E-state index in [1.54, 1.807) is 12.3 Å². The Hall–Kier alpha value is -3.64. The summed E-state index contributed by atoms with van der Waals surface area (Å²) in [6.07, 6.45) is 3.27. The summed E-state index contributed by atoms with van der Waals surface area (Å²) in [5.74, 6) is 0.660. The summed E-state index contributed by atoms with van der Waals surface area (Å²) in [6.45, 7) is 0.289. The van der Waals surface area contributed by atoms with Crippen molar-refractivity contribution in [3.8, 4) is 5.75 Å². The predicted octanol–water partition coefficient (Wildman–Crippen LogP) is 4.70. The molecule has 2 heterocycles. The number of pyridine rings is 2. The maximum Gasteiger partial charge on any atom is 0.267 e. The number of carbonyl (C=O) groups is 1. The molecule has 29 heavy (non-hydrogen) atoms. The second-order valence-corrected chi connectivity index (χ2v) is 6.78. The molecule has 0 saturated carbocycles. The summed E-state index contributed by atoms with van der Waals surface area (Å²) in [7, 11) is 0. The summed E-state index contributed by atoms with van der Waals surface area (Å²) in [6, 6.07) is 18.6. The number of rotatable bonds is 6. The van der Waals surface area contributed by atoms with Gasteiger partial charge in [0.05, 0.1) is 0 Å². The van der Waals surface area contributed by atoms with Crippen molar-refractivity contribution >= 4 is 39.8 Å². The smallest absolute Gasteiger partial charge is 0.267 e. The Morgan fingerprint density at radius 2 is 1.79 bits per heavy atom. The minimum absolute atomic E-state index is 0.160. The van der Waals surface area contributed by atoms with Gasteiger partial charge in [0, 0.05) is 40.1 Å². The average Bonchev–Trinajstić information content (AvgIpc) is 2.75. The second kappa shape index (κ2) is 8.16. The first-order valence-corrected chi connectivity index (χ1v) is 9.26. The van der Waals surface area contributed by atoms with Gasteiger partial charge in [-0.25, -0.2) is 4.98 Å². The van der Waals surface area contributed by atoms with E-state index < -0.39 is 5.91 Å². The molecule has 7 heteroatoms. The third-order valence-electron chi connectivity index (χ3n) is 4.36. The number of fused-ring (bicyclic) bond motifs is 1. The molecule has 0 aliphatic heterocycles. The summed E-state index contributed by atoms with van der Waals surface area (Å²) in [5, 5.41) is 5.99. The largest absolute Gasteiger partial charge is 0.489 e. The standard InChI is InChI=1S/C22H17ClN4O2/c23-15-5-7-16(8-6-15)27-22-19-4-2-1-3-18(19)14(12-26-22)13-29-17-9-10-25-20(11-17)21(24)28/h1-12H,13H2,(H2,24,28)(H,26,27). The first kappa shape index (κ1) is 18.7. The van der Waals surface area contributed by atoms with Crippen molar-refractivity contribution < 1.29 is 9.53 Å². The number of hydrogen-bond acceptors (Lipinski definition) is 5. The molecular formula is C22H17ClN4O2. The Labute approximate surface area is 172 Å². The van der Waals surface area contributed by atoms with Crippen LogP contribution in [-0.4, -0.2) is 15.9 Å². The number of amides is 1. The van der Waals surface area contributed by atoms with E-state index in [2.05, 4.69) is 15.3 Å². The van der Waals surface area contributed by atoms with Crippen LogP contribution in [0.5, 0.6) is 5.75 Å². The molecule has 144 valence electrons. The van der Waals surface area contributed by atoms with Crippen molar-refractivity contribution in [2.45, 2.75) is 6.61 Å². The van der Waals surface area contributed by atoms with Crippen LogP contribution in [0.25, 0.3) is 10.8 Å². The zero-order valence-corrected chi connectivity index (χ0v) is 16.1. The highest BCUT2D eigenvalue weighted by Crippen LogP contribution is 2.28. The summed E-state index contributed by atoms with van der Waals surface area (Å²) in [4.78, 5) is 19.8. The van der Waals surface area contributed by atoms with Crippen molar-refractivity contribution in [1.82, 2.24) is 9.97 Å². The van der Waals surface area contributed by atoms with Gasteiger partial charge in [-0.15, -0.1) is 0 Å². The fourth-order valence-electron chi connectivity index (χ4n) is 2.93. The number of nitrogens with one attached hydrogen (secondary N) is 1. The molecule has 0 atom stereocenters. The normalized spacial score (nSPS) is 10.7. The maximum atomic E-state index is 11.3. The number of nitrogens with two attached hydrogens (primary N) is 1. The van der Waals surface area contributed by atoms with Crippen molar-refractivity contribution in [1.29, 1.82) is 0 Å². The zero-order chi connectivity index (χ0) is 20.2. The molecule has 3 N–H and O–H groups in total. The van der Waals surface area contributed by atoms with E-state index in [9.17, 15) is 4.79 Å². The van der Waals surface area contributed by atoms with Gasteiger partial charge >= 0.3 is 0 Å². The lowest BCUT2D eigenvalue weighted by Gasteiger charge is -2.13. The van der Waals surface area contributed by atoms with Crippen molar-refractivity contribution in [3.05, 3.63) is 89.3 Å². The fourth-order valence-corrected chi connectivity index (χ4v) is 3.06. The summed E-state index contributed by atoms with van der Waals surface area (Å²) in [5.41, 5.74) is 7.24. The van der Waals surface area contributed by atoms with Gasteiger partial charge in [-0.2, -0.15) is 0 Å². The van der Waals surface area contributed by atoms with Crippen LogP contribution in [-0.2, 0) is 6.61 Å². The van der Waals surface area contributed by atoms with Gasteiger partial charge < -0.3 is 15.8 Å². The summed E-state index contributed by atoms with van der Waals surface area (Å²) >= 11 is 5.96. The van der Waals surface area contributed by atoms with E-state index >= 15 is 0 Å². The Kier molecular flexibility index (Phi) is 5.27. The number of halogens is 1. The highest BCUT2D eigenvalue weighted by Gasteiger charge is 2.09. The quantitative estimate of drug-likeness (QED) is 0.486. The number of anilines is 2. The van der Waals surface area contributed by atoms with Crippen LogP contribution in [0.1, 0.15) is 16.1 Å². The van der Waals surface area contributed by atoms with Crippen LogP contribution in [0, 0.1) is 0 Å². The molecule has 0 spiro atoms. The highest BCUT2D eigenvalue weighted by atomic mass is 35.5. The molecule has 4 rings (SSSR count). The molecule has 6 nitrogen and oxygen atoms in total. The second-order valence-electron chi connectivity index (χ2n) is 6.34. The molecule has 2 aromatic heterocycles. The van der Waals surface area contributed by atoms with Crippen LogP contribution in [0.2, 0.25) is 5.02 Å². The Morgan fingerprint density at radius 3 is 2.55 bits per heavy atom. The summed E-state index contributed by atoms with van der Waals surface area (Å²) < 4.78 is 5.84. The molecule has 0 bridgehead atoms. The highest BCUT2D eigenvalue weighted by molar-refractivity contribution is 6.30. The van der Waals surface area contributed by atoms with Crippen LogP contribution in [0.4, 0.5) is 11.5 Å². The molecule has 0 aliphatic carbocycles. The SMILES string of the molecule is NC(=O)c1cc(OCc2cnc(Nc3ccc(Cl)cc3)c3ccccc23)ccn1. The van der Waals surface area contributed by atoms with Gasteiger partial charge in [0.15, 0.2) is 0 Å². The molecule has 0 radical (unpaired) electrons. The topological polar surface area (TPSA) is 90.1 Å². The molecule has 0 aliphatic rings. The number of carbonyl (C=O) groups excluding carboxylic acids is 1. The van der Waals surface area contributed by atoms with Crippen LogP contribution in [0.3, 0.4) is 0 Å². The monoisotopic (exact) mass is 404 g/mol.